The molecule has 17 heavy (non-hydrogen) atoms. The van der Waals surface area contributed by atoms with E-state index in [4.69, 9.17) is 4.42 Å². The maximum atomic E-state index is 10.7. The van der Waals surface area contributed by atoms with Crippen molar-refractivity contribution in [2.45, 2.75) is 52.2 Å². The fraction of sp³-hybridized carbons (Fsp3) is 0.714. The third kappa shape index (κ3) is 2.55. The lowest BCUT2D eigenvalue weighted by Crippen LogP contribution is -2.52. The Labute approximate surface area is 104 Å². The molecule has 0 aliphatic heterocycles. The molecule has 0 aromatic carbocycles. The molecule has 0 fully saturated rings. The van der Waals surface area contributed by atoms with E-state index in [2.05, 4.69) is 32.6 Å². The molecule has 3 nitrogen and oxygen atoms in total. The molecule has 0 aliphatic carbocycles. The van der Waals surface area contributed by atoms with Crippen LogP contribution in [0.15, 0.2) is 23.0 Å². The third-order valence-electron chi connectivity index (χ3n) is 3.99. The van der Waals surface area contributed by atoms with Gasteiger partial charge in [0.05, 0.1) is 18.1 Å². The summed E-state index contributed by atoms with van der Waals surface area (Å²) in [6.45, 7) is 10.5. The summed E-state index contributed by atoms with van der Waals surface area (Å²) < 4.78 is 5.09. The SMILES string of the molecule is CCN(CC)C(CC)(CC)C(O)c1ccoc1. The molecule has 1 aromatic heterocycles. The van der Waals surface area contributed by atoms with Crippen LogP contribution in [0.3, 0.4) is 0 Å². The fourth-order valence-corrected chi connectivity index (χ4v) is 2.85. The van der Waals surface area contributed by atoms with Crippen LogP contribution in [0.5, 0.6) is 0 Å². The molecular formula is C14H25NO2. The second kappa shape index (κ2) is 6.22. The third-order valence-corrected chi connectivity index (χ3v) is 3.99. The average molecular weight is 239 g/mol. The van der Waals surface area contributed by atoms with Gasteiger partial charge in [-0.2, -0.15) is 0 Å². The van der Waals surface area contributed by atoms with Crippen LogP contribution in [0.1, 0.15) is 52.2 Å². The minimum Gasteiger partial charge on any atom is -0.472 e. The van der Waals surface area contributed by atoms with Crippen LogP contribution in [-0.4, -0.2) is 28.6 Å². The van der Waals surface area contributed by atoms with Gasteiger partial charge in [-0.05, 0) is 32.0 Å². The highest BCUT2D eigenvalue weighted by atomic mass is 16.3. The number of aliphatic hydroxyl groups is 1. The Hall–Kier alpha value is -0.800. The van der Waals surface area contributed by atoms with Gasteiger partial charge in [0.2, 0.25) is 0 Å². The van der Waals surface area contributed by atoms with E-state index in [0.29, 0.717) is 0 Å². The van der Waals surface area contributed by atoms with Crippen molar-refractivity contribution in [2.24, 2.45) is 0 Å². The molecule has 1 aromatic rings. The first kappa shape index (κ1) is 14.3. The monoisotopic (exact) mass is 239 g/mol. The van der Waals surface area contributed by atoms with Gasteiger partial charge in [0, 0.05) is 5.56 Å². The van der Waals surface area contributed by atoms with Crippen molar-refractivity contribution < 1.29 is 9.52 Å². The Morgan fingerprint density at radius 3 is 2.18 bits per heavy atom. The van der Waals surface area contributed by atoms with Crippen LogP contribution >= 0.6 is 0 Å². The molecule has 0 saturated carbocycles. The molecule has 0 radical (unpaired) electrons. The van der Waals surface area contributed by atoms with Gasteiger partial charge >= 0.3 is 0 Å². The minimum absolute atomic E-state index is 0.187. The van der Waals surface area contributed by atoms with Crippen molar-refractivity contribution in [1.29, 1.82) is 0 Å². The van der Waals surface area contributed by atoms with E-state index in [0.717, 1.165) is 31.5 Å². The van der Waals surface area contributed by atoms with E-state index in [-0.39, 0.29) is 5.54 Å². The molecule has 1 rings (SSSR count). The van der Waals surface area contributed by atoms with E-state index >= 15 is 0 Å². The Balaban J connectivity index is 3.05. The highest BCUT2D eigenvalue weighted by Gasteiger charge is 2.40. The van der Waals surface area contributed by atoms with Crippen molar-refractivity contribution in [1.82, 2.24) is 4.90 Å². The Morgan fingerprint density at radius 2 is 1.82 bits per heavy atom. The van der Waals surface area contributed by atoms with E-state index < -0.39 is 6.10 Å². The van der Waals surface area contributed by atoms with Gasteiger partial charge in [-0.15, -0.1) is 0 Å². The van der Waals surface area contributed by atoms with Crippen LogP contribution < -0.4 is 0 Å². The van der Waals surface area contributed by atoms with Crippen molar-refractivity contribution in [3.8, 4) is 0 Å². The predicted octanol–water partition coefficient (Wildman–Crippen LogP) is 3.21. The Kier molecular flexibility index (Phi) is 5.22. The maximum Gasteiger partial charge on any atom is 0.100 e. The Bertz CT molecular complexity index is 300. The first-order valence-electron chi connectivity index (χ1n) is 6.61. The quantitative estimate of drug-likeness (QED) is 0.793. The smallest absolute Gasteiger partial charge is 0.100 e. The van der Waals surface area contributed by atoms with Gasteiger partial charge in [-0.3, -0.25) is 4.90 Å². The van der Waals surface area contributed by atoms with Crippen molar-refractivity contribution >= 4 is 0 Å². The maximum absolute atomic E-state index is 10.7. The molecule has 1 unspecified atom stereocenters. The molecule has 1 heterocycles. The van der Waals surface area contributed by atoms with E-state index in [1.165, 1.54) is 0 Å². The number of hydrogen-bond acceptors (Lipinski definition) is 3. The van der Waals surface area contributed by atoms with Crippen LogP contribution in [0, 0.1) is 0 Å². The topological polar surface area (TPSA) is 36.6 Å². The average Bonchev–Trinajstić information content (AvgIpc) is 2.89. The lowest BCUT2D eigenvalue weighted by atomic mass is 9.81. The number of furan rings is 1. The largest absolute Gasteiger partial charge is 0.472 e. The molecule has 1 atom stereocenters. The van der Waals surface area contributed by atoms with Gasteiger partial charge in [0.1, 0.15) is 6.10 Å². The molecule has 0 spiro atoms. The molecular weight excluding hydrogens is 214 g/mol. The summed E-state index contributed by atoms with van der Waals surface area (Å²) in [6.07, 6.45) is 4.64. The zero-order chi connectivity index (χ0) is 12.9. The number of rotatable bonds is 7. The standard InChI is InChI=1S/C14H25NO2/c1-5-14(6-2,15(7-3)8-4)13(16)12-9-10-17-11-12/h9-11,13,16H,5-8H2,1-4H3. The number of aliphatic hydroxyl groups excluding tert-OH is 1. The molecule has 0 bridgehead atoms. The first-order chi connectivity index (χ1) is 8.16. The second-order valence-electron chi connectivity index (χ2n) is 4.44. The van der Waals surface area contributed by atoms with Gasteiger partial charge in [0.25, 0.3) is 0 Å². The molecule has 3 heteroatoms. The normalized spacial score (nSPS) is 14.2. The number of hydrogen-bond donors (Lipinski definition) is 1. The highest BCUT2D eigenvalue weighted by Crippen LogP contribution is 2.37. The van der Waals surface area contributed by atoms with Crippen molar-refractivity contribution in [3.05, 3.63) is 24.2 Å². The van der Waals surface area contributed by atoms with E-state index in [1.54, 1.807) is 12.5 Å². The molecule has 98 valence electrons. The first-order valence-corrected chi connectivity index (χ1v) is 6.61. The molecule has 0 saturated heterocycles. The summed E-state index contributed by atoms with van der Waals surface area (Å²) in [5.41, 5.74) is 0.688. The minimum atomic E-state index is -0.490. The van der Waals surface area contributed by atoms with E-state index in [1.807, 2.05) is 6.07 Å². The number of likely N-dealkylation sites (N-methyl/N-ethyl adjacent to an activating group) is 1. The molecule has 0 amide bonds. The number of nitrogens with zero attached hydrogens (tertiary/aromatic N) is 1. The fourth-order valence-electron chi connectivity index (χ4n) is 2.85. The summed E-state index contributed by atoms with van der Waals surface area (Å²) >= 11 is 0. The molecule has 0 aliphatic rings. The highest BCUT2D eigenvalue weighted by molar-refractivity contribution is 5.16. The van der Waals surface area contributed by atoms with Crippen LogP contribution in [0.4, 0.5) is 0 Å². The summed E-state index contributed by atoms with van der Waals surface area (Å²) in [5.74, 6) is 0. The Morgan fingerprint density at radius 1 is 1.24 bits per heavy atom. The summed E-state index contributed by atoms with van der Waals surface area (Å²) in [6, 6.07) is 1.86. The summed E-state index contributed by atoms with van der Waals surface area (Å²) in [5, 5.41) is 10.7. The van der Waals surface area contributed by atoms with Crippen LogP contribution in [0.2, 0.25) is 0 Å². The molecule has 1 N–H and O–H groups in total. The summed E-state index contributed by atoms with van der Waals surface area (Å²) in [4.78, 5) is 2.35. The van der Waals surface area contributed by atoms with Crippen LogP contribution in [-0.2, 0) is 0 Å². The van der Waals surface area contributed by atoms with Crippen molar-refractivity contribution in [3.63, 3.8) is 0 Å². The predicted molar refractivity (Wildman–Crippen MR) is 69.9 cm³/mol. The lowest BCUT2D eigenvalue weighted by Gasteiger charge is -2.45. The second-order valence-corrected chi connectivity index (χ2v) is 4.44. The van der Waals surface area contributed by atoms with Gasteiger partial charge in [-0.25, -0.2) is 0 Å². The van der Waals surface area contributed by atoms with Crippen molar-refractivity contribution in [2.75, 3.05) is 13.1 Å². The zero-order valence-electron chi connectivity index (χ0n) is 11.4. The van der Waals surface area contributed by atoms with Gasteiger partial charge < -0.3 is 9.52 Å². The summed E-state index contributed by atoms with van der Waals surface area (Å²) in [7, 11) is 0. The zero-order valence-corrected chi connectivity index (χ0v) is 11.4. The lowest BCUT2D eigenvalue weighted by molar-refractivity contribution is -0.0368. The van der Waals surface area contributed by atoms with Crippen LogP contribution in [0.25, 0.3) is 0 Å². The van der Waals surface area contributed by atoms with E-state index in [9.17, 15) is 5.11 Å². The van der Waals surface area contributed by atoms with Gasteiger partial charge in [-0.1, -0.05) is 27.7 Å². The van der Waals surface area contributed by atoms with Gasteiger partial charge in [0.15, 0.2) is 0 Å².